The van der Waals surface area contributed by atoms with Gasteiger partial charge < -0.3 is 0 Å². The molecule has 0 N–H and O–H groups in total. The van der Waals surface area contributed by atoms with Gasteiger partial charge in [-0.1, -0.05) is 13.8 Å². The monoisotopic (exact) mass is 166 g/mol. The predicted octanol–water partition coefficient (Wildman–Crippen LogP) is 3.23. The minimum atomic E-state index is -3.93. The summed E-state index contributed by atoms with van der Waals surface area (Å²) in [7, 11) is 0. The van der Waals surface area contributed by atoms with Crippen molar-refractivity contribution in [2.75, 3.05) is 0 Å². The van der Waals surface area contributed by atoms with Crippen molar-refractivity contribution in [3.8, 4) is 0 Å². The minimum Gasteiger partial charge on any atom is -0.171 e. The van der Waals surface area contributed by atoms with Crippen molar-refractivity contribution in [1.82, 2.24) is 0 Å². The number of halogens is 3. The molecule has 0 spiro atoms. The van der Waals surface area contributed by atoms with Gasteiger partial charge in [-0.25, -0.2) is 0 Å². The van der Waals surface area contributed by atoms with Crippen molar-refractivity contribution >= 4 is 0 Å². The van der Waals surface area contributed by atoms with E-state index in [4.69, 9.17) is 0 Å². The van der Waals surface area contributed by atoms with E-state index in [1.54, 1.807) is 0 Å². The van der Waals surface area contributed by atoms with Gasteiger partial charge in [-0.3, -0.25) is 0 Å². The first-order valence-electron chi connectivity index (χ1n) is 3.98. The van der Waals surface area contributed by atoms with Crippen LogP contribution >= 0.6 is 0 Å². The highest BCUT2D eigenvalue weighted by molar-refractivity contribution is 4.91. The third kappa shape index (κ3) is 2.38. The van der Waals surface area contributed by atoms with Crippen LogP contribution in [0.2, 0.25) is 0 Å². The second kappa shape index (κ2) is 2.68. The van der Waals surface area contributed by atoms with E-state index < -0.39 is 12.1 Å². The Morgan fingerprint density at radius 3 is 2.18 bits per heavy atom. The zero-order chi connectivity index (χ0) is 8.65. The average Bonchev–Trinajstić information content (AvgIpc) is 2.40. The molecule has 0 aliphatic heterocycles. The largest absolute Gasteiger partial charge is 0.392 e. The Morgan fingerprint density at radius 2 is 1.91 bits per heavy atom. The molecule has 66 valence electrons. The van der Waals surface area contributed by atoms with E-state index in [0.717, 1.165) is 6.42 Å². The van der Waals surface area contributed by atoms with Crippen molar-refractivity contribution in [2.45, 2.75) is 32.9 Å². The Balaban J connectivity index is 2.27. The van der Waals surface area contributed by atoms with Crippen molar-refractivity contribution in [1.29, 1.82) is 0 Å². The molecule has 0 aromatic carbocycles. The van der Waals surface area contributed by atoms with Gasteiger partial charge in [-0.15, -0.1) is 0 Å². The topological polar surface area (TPSA) is 0 Å². The maximum absolute atomic E-state index is 11.9. The van der Waals surface area contributed by atoms with Crippen LogP contribution in [0.4, 0.5) is 13.2 Å². The molecular weight excluding hydrogens is 153 g/mol. The molecular formula is C8H13F3. The lowest BCUT2D eigenvalue weighted by Crippen LogP contribution is -2.12. The molecule has 0 aromatic rings. The van der Waals surface area contributed by atoms with E-state index in [9.17, 15) is 13.2 Å². The average molecular weight is 166 g/mol. The molecule has 0 bridgehead atoms. The number of hydrogen-bond donors (Lipinski definition) is 0. The fourth-order valence-corrected chi connectivity index (χ4v) is 1.51. The molecule has 11 heavy (non-hydrogen) atoms. The van der Waals surface area contributed by atoms with Crippen LogP contribution in [-0.4, -0.2) is 6.18 Å². The van der Waals surface area contributed by atoms with Crippen molar-refractivity contribution in [3.63, 3.8) is 0 Å². The highest BCUT2D eigenvalue weighted by atomic mass is 19.4. The number of alkyl halides is 3. The smallest absolute Gasteiger partial charge is 0.171 e. The normalized spacial score (nSPS) is 31.1. The summed E-state index contributed by atoms with van der Waals surface area (Å²) in [6, 6.07) is 0. The molecule has 0 radical (unpaired) electrons. The van der Waals surface area contributed by atoms with Gasteiger partial charge in [0.1, 0.15) is 0 Å². The first kappa shape index (κ1) is 8.88. The van der Waals surface area contributed by atoms with Crippen LogP contribution in [0.15, 0.2) is 0 Å². The summed E-state index contributed by atoms with van der Waals surface area (Å²) < 4.78 is 35.8. The summed E-state index contributed by atoms with van der Waals surface area (Å²) in [5.41, 5.74) is 0. The number of hydrogen-bond acceptors (Lipinski definition) is 0. The third-order valence-electron chi connectivity index (χ3n) is 2.12. The van der Waals surface area contributed by atoms with Gasteiger partial charge in [-0.05, 0) is 24.7 Å². The lowest BCUT2D eigenvalue weighted by molar-refractivity contribution is -0.151. The van der Waals surface area contributed by atoms with Crippen LogP contribution in [0.1, 0.15) is 26.7 Å². The molecule has 0 heterocycles. The Kier molecular flexibility index (Phi) is 2.17. The molecule has 0 saturated heterocycles. The minimum absolute atomic E-state index is 0.0741. The van der Waals surface area contributed by atoms with Crippen molar-refractivity contribution in [2.24, 2.45) is 17.8 Å². The molecule has 0 amide bonds. The summed E-state index contributed by atoms with van der Waals surface area (Å²) in [6.45, 7) is 3.93. The zero-order valence-electron chi connectivity index (χ0n) is 6.78. The highest BCUT2D eigenvalue weighted by Gasteiger charge is 2.55. The van der Waals surface area contributed by atoms with E-state index >= 15 is 0 Å². The summed E-state index contributed by atoms with van der Waals surface area (Å²) in [4.78, 5) is 0. The summed E-state index contributed by atoms with van der Waals surface area (Å²) >= 11 is 0. The van der Waals surface area contributed by atoms with E-state index in [-0.39, 0.29) is 5.92 Å². The third-order valence-corrected chi connectivity index (χ3v) is 2.12. The maximum atomic E-state index is 11.9. The molecule has 1 fully saturated rings. The summed E-state index contributed by atoms with van der Waals surface area (Å²) in [5, 5.41) is 0. The molecule has 0 unspecified atom stereocenters. The highest BCUT2D eigenvalue weighted by Crippen LogP contribution is 2.52. The Labute approximate surface area is 64.8 Å². The number of rotatable bonds is 2. The molecule has 1 aliphatic carbocycles. The molecule has 0 aromatic heterocycles. The van der Waals surface area contributed by atoms with Gasteiger partial charge >= 0.3 is 6.18 Å². The van der Waals surface area contributed by atoms with Crippen LogP contribution in [0.3, 0.4) is 0 Å². The van der Waals surface area contributed by atoms with E-state index in [2.05, 4.69) is 0 Å². The Hall–Kier alpha value is -0.210. The lowest BCUT2D eigenvalue weighted by Gasteiger charge is -2.06. The van der Waals surface area contributed by atoms with E-state index in [0.29, 0.717) is 12.3 Å². The second-order valence-electron chi connectivity index (χ2n) is 3.77. The summed E-state index contributed by atoms with van der Waals surface area (Å²) in [6.07, 6.45) is -2.84. The Bertz CT molecular complexity index is 137. The van der Waals surface area contributed by atoms with Crippen LogP contribution < -0.4 is 0 Å². The van der Waals surface area contributed by atoms with Crippen molar-refractivity contribution in [3.05, 3.63) is 0 Å². The second-order valence-corrected chi connectivity index (χ2v) is 3.77. The molecule has 1 aliphatic rings. The van der Waals surface area contributed by atoms with Crippen LogP contribution in [0, 0.1) is 17.8 Å². The molecule has 3 heteroatoms. The molecule has 1 saturated carbocycles. The standard InChI is InChI=1S/C8H13F3/c1-5(2)3-6-4-7(6)8(9,10)11/h5-7H,3-4H2,1-2H3/t6-,7+/m1/s1. The zero-order valence-corrected chi connectivity index (χ0v) is 6.78. The van der Waals surface area contributed by atoms with E-state index in [1.165, 1.54) is 0 Å². The van der Waals surface area contributed by atoms with Crippen LogP contribution in [0.5, 0.6) is 0 Å². The van der Waals surface area contributed by atoms with Gasteiger partial charge in [-0.2, -0.15) is 13.2 Å². The molecule has 2 atom stereocenters. The van der Waals surface area contributed by atoms with Gasteiger partial charge in [0, 0.05) is 0 Å². The molecule has 1 rings (SSSR count). The summed E-state index contributed by atoms with van der Waals surface area (Å²) in [5.74, 6) is -0.660. The first-order chi connectivity index (χ1) is 4.91. The first-order valence-corrected chi connectivity index (χ1v) is 3.98. The van der Waals surface area contributed by atoms with E-state index in [1.807, 2.05) is 13.8 Å². The quantitative estimate of drug-likeness (QED) is 0.590. The maximum Gasteiger partial charge on any atom is 0.392 e. The van der Waals surface area contributed by atoms with Gasteiger partial charge in [0.2, 0.25) is 0 Å². The van der Waals surface area contributed by atoms with Crippen LogP contribution in [-0.2, 0) is 0 Å². The fraction of sp³-hybridized carbons (Fsp3) is 1.00. The van der Waals surface area contributed by atoms with Gasteiger partial charge in [0.25, 0.3) is 0 Å². The Morgan fingerprint density at radius 1 is 1.36 bits per heavy atom. The SMILES string of the molecule is CC(C)C[C@@H]1C[C@@H]1C(F)(F)F. The van der Waals surface area contributed by atoms with Gasteiger partial charge in [0.05, 0.1) is 5.92 Å². The van der Waals surface area contributed by atoms with Gasteiger partial charge in [0.15, 0.2) is 0 Å². The molecule has 0 nitrogen and oxygen atoms in total. The predicted molar refractivity (Wildman–Crippen MR) is 37.1 cm³/mol. The van der Waals surface area contributed by atoms with Crippen LogP contribution in [0.25, 0.3) is 0 Å². The van der Waals surface area contributed by atoms with Crippen molar-refractivity contribution < 1.29 is 13.2 Å². The fourth-order valence-electron chi connectivity index (χ4n) is 1.51. The lowest BCUT2D eigenvalue weighted by atomic mass is 10.1.